The van der Waals surface area contributed by atoms with Gasteiger partial charge in [-0.05, 0) is 59.8 Å². The lowest BCUT2D eigenvalue weighted by molar-refractivity contribution is 0.555. The molecule has 4 nitrogen and oxygen atoms in total. The van der Waals surface area contributed by atoms with E-state index in [1.165, 1.54) is 12.8 Å². The number of nitrogens with one attached hydrogen (secondary N) is 2. The fourth-order valence-electron chi connectivity index (χ4n) is 1.83. The van der Waals surface area contributed by atoms with Gasteiger partial charge in [0.2, 0.25) is 10.0 Å². The van der Waals surface area contributed by atoms with Crippen molar-refractivity contribution in [2.45, 2.75) is 56.6 Å². The van der Waals surface area contributed by atoms with Crippen LogP contribution in [-0.2, 0) is 16.6 Å². The van der Waals surface area contributed by atoms with Gasteiger partial charge in [0.1, 0.15) is 0 Å². The van der Waals surface area contributed by atoms with Crippen LogP contribution in [0.2, 0.25) is 0 Å². The van der Waals surface area contributed by atoms with Crippen LogP contribution in [0.25, 0.3) is 0 Å². The van der Waals surface area contributed by atoms with Gasteiger partial charge in [-0.25, -0.2) is 13.1 Å². The molecule has 0 bridgehead atoms. The van der Waals surface area contributed by atoms with Gasteiger partial charge in [-0.2, -0.15) is 0 Å². The molecule has 1 aliphatic rings. The highest BCUT2D eigenvalue weighted by molar-refractivity contribution is 9.10. The van der Waals surface area contributed by atoms with Crippen molar-refractivity contribution in [1.29, 1.82) is 0 Å². The molecule has 0 amide bonds. The molecule has 1 fully saturated rings. The molecule has 1 aromatic rings. The van der Waals surface area contributed by atoms with Crippen LogP contribution in [0, 0.1) is 0 Å². The SMILES string of the molecule is CCC(C)NS(=O)(=O)c1ccc(CNC2CC2)cc1Br. The number of sulfonamides is 1. The molecule has 0 aliphatic heterocycles. The first-order valence-corrected chi connectivity index (χ1v) is 9.24. The van der Waals surface area contributed by atoms with E-state index < -0.39 is 10.0 Å². The van der Waals surface area contributed by atoms with Gasteiger partial charge in [0.15, 0.2) is 0 Å². The summed E-state index contributed by atoms with van der Waals surface area (Å²) in [5, 5.41) is 3.41. The van der Waals surface area contributed by atoms with Crippen LogP contribution < -0.4 is 10.0 Å². The second-order valence-corrected chi connectivity index (χ2v) is 7.89. The van der Waals surface area contributed by atoms with Crippen molar-refractivity contribution in [1.82, 2.24) is 10.0 Å². The topological polar surface area (TPSA) is 58.2 Å². The zero-order valence-electron chi connectivity index (χ0n) is 11.8. The molecule has 1 saturated carbocycles. The molecule has 0 saturated heterocycles. The average molecular weight is 361 g/mol. The van der Waals surface area contributed by atoms with Crippen LogP contribution in [0.4, 0.5) is 0 Å². The Labute approximate surface area is 129 Å². The van der Waals surface area contributed by atoms with Crippen molar-refractivity contribution >= 4 is 26.0 Å². The van der Waals surface area contributed by atoms with Crippen molar-refractivity contribution in [2.75, 3.05) is 0 Å². The van der Waals surface area contributed by atoms with Crippen LogP contribution in [0.1, 0.15) is 38.7 Å². The summed E-state index contributed by atoms with van der Waals surface area (Å²) in [6.07, 6.45) is 3.25. The molecule has 1 aliphatic carbocycles. The van der Waals surface area contributed by atoms with Gasteiger partial charge in [0.25, 0.3) is 0 Å². The molecule has 6 heteroatoms. The number of halogens is 1. The van der Waals surface area contributed by atoms with Crippen molar-refractivity contribution < 1.29 is 8.42 Å². The molecule has 1 atom stereocenters. The van der Waals surface area contributed by atoms with Crippen molar-refractivity contribution in [3.63, 3.8) is 0 Å². The lowest BCUT2D eigenvalue weighted by atomic mass is 10.2. The molecule has 2 N–H and O–H groups in total. The van der Waals surface area contributed by atoms with Gasteiger partial charge < -0.3 is 5.32 Å². The van der Waals surface area contributed by atoms with E-state index >= 15 is 0 Å². The molecule has 112 valence electrons. The van der Waals surface area contributed by atoms with Crippen LogP contribution in [0.5, 0.6) is 0 Å². The second kappa shape index (κ2) is 6.56. The smallest absolute Gasteiger partial charge is 0.241 e. The Morgan fingerprint density at radius 1 is 1.40 bits per heavy atom. The molecular formula is C14H21BrN2O2S. The molecule has 0 heterocycles. The summed E-state index contributed by atoms with van der Waals surface area (Å²) in [5.41, 5.74) is 1.09. The Hall–Kier alpha value is -0.430. The summed E-state index contributed by atoms with van der Waals surface area (Å²) in [5.74, 6) is 0. The molecule has 0 spiro atoms. The first-order chi connectivity index (χ1) is 9.42. The van der Waals surface area contributed by atoms with Crippen LogP contribution >= 0.6 is 15.9 Å². The Morgan fingerprint density at radius 2 is 2.10 bits per heavy atom. The van der Waals surface area contributed by atoms with E-state index in [0.717, 1.165) is 18.5 Å². The van der Waals surface area contributed by atoms with E-state index in [4.69, 9.17) is 0 Å². The minimum absolute atomic E-state index is 0.0666. The third-order valence-corrected chi connectivity index (χ3v) is 5.99. The predicted octanol–water partition coefficient (Wildman–Crippen LogP) is 2.78. The fourth-order valence-corrected chi connectivity index (χ4v) is 4.29. The average Bonchev–Trinajstić information content (AvgIpc) is 3.19. The van der Waals surface area contributed by atoms with Crippen molar-refractivity contribution in [3.05, 3.63) is 28.2 Å². The van der Waals surface area contributed by atoms with Gasteiger partial charge in [-0.1, -0.05) is 13.0 Å². The maximum absolute atomic E-state index is 12.3. The van der Waals surface area contributed by atoms with Crippen LogP contribution in [-0.4, -0.2) is 20.5 Å². The molecule has 1 aromatic carbocycles. The molecule has 1 unspecified atom stereocenters. The first kappa shape index (κ1) is 15.9. The van der Waals surface area contributed by atoms with Gasteiger partial charge in [-0.3, -0.25) is 0 Å². The molecule has 2 rings (SSSR count). The molecule has 0 radical (unpaired) electrons. The van der Waals surface area contributed by atoms with E-state index in [0.29, 0.717) is 15.4 Å². The number of hydrogen-bond donors (Lipinski definition) is 2. The minimum Gasteiger partial charge on any atom is -0.310 e. The maximum atomic E-state index is 12.3. The monoisotopic (exact) mass is 360 g/mol. The van der Waals surface area contributed by atoms with E-state index in [1.54, 1.807) is 6.07 Å². The Bertz CT molecular complexity index is 571. The summed E-state index contributed by atoms with van der Waals surface area (Å²) in [7, 11) is -3.46. The molecular weight excluding hydrogens is 340 g/mol. The number of rotatable bonds is 7. The number of hydrogen-bond acceptors (Lipinski definition) is 3. The summed E-state index contributed by atoms with van der Waals surface area (Å²) >= 11 is 3.37. The largest absolute Gasteiger partial charge is 0.310 e. The van der Waals surface area contributed by atoms with E-state index in [-0.39, 0.29) is 6.04 Å². The highest BCUT2D eigenvalue weighted by Crippen LogP contribution is 2.25. The summed E-state index contributed by atoms with van der Waals surface area (Å²) in [6.45, 7) is 4.59. The summed E-state index contributed by atoms with van der Waals surface area (Å²) < 4.78 is 27.8. The quantitative estimate of drug-likeness (QED) is 0.785. The third-order valence-electron chi connectivity index (χ3n) is 3.43. The zero-order chi connectivity index (χ0) is 14.8. The van der Waals surface area contributed by atoms with Gasteiger partial charge in [0.05, 0.1) is 4.90 Å². The Balaban J connectivity index is 2.11. The predicted molar refractivity (Wildman–Crippen MR) is 84.1 cm³/mol. The van der Waals surface area contributed by atoms with Crippen LogP contribution in [0.3, 0.4) is 0 Å². The van der Waals surface area contributed by atoms with Crippen molar-refractivity contribution in [3.8, 4) is 0 Å². The Morgan fingerprint density at radius 3 is 2.65 bits per heavy atom. The van der Waals surface area contributed by atoms with E-state index in [1.807, 2.05) is 26.0 Å². The van der Waals surface area contributed by atoms with Crippen LogP contribution in [0.15, 0.2) is 27.6 Å². The number of benzene rings is 1. The first-order valence-electron chi connectivity index (χ1n) is 6.96. The maximum Gasteiger partial charge on any atom is 0.241 e. The normalized spacial score (nSPS) is 17.1. The van der Waals surface area contributed by atoms with Gasteiger partial charge >= 0.3 is 0 Å². The van der Waals surface area contributed by atoms with E-state index in [2.05, 4.69) is 26.0 Å². The second-order valence-electron chi connectivity index (χ2n) is 5.35. The minimum atomic E-state index is -3.46. The third kappa shape index (κ3) is 4.28. The lowest BCUT2D eigenvalue weighted by Crippen LogP contribution is -2.32. The van der Waals surface area contributed by atoms with Gasteiger partial charge in [0, 0.05) is 23.1 Å². The highest BCUT2D eigenvalue weighted by Gasteiger charge is 2.21. The zero-order valence-corrected chi connectivity index (χ0v) is 14.2. The molecule has 20 heavy (non-hydrogen) atoms. The standard InChI is InChI=1S/C14H21BrN2O2S/c1-3-10(2)17-20(18,19)14-7-4-11(8-13(14)15)9-16-12-5-6-12/h4,7-8,10,12,16-17H,3,5-6,9H2,1-2H3. The lowest BCUT2D eigenvalue weighted by Gasteiger charge is -2.14. The van der Waals surface area contributed by atoms with Crippen molar-refractivity contribution in [2.24, 2.45) is 0 Å². The summed E-state index contributed by atoms with van der Waals surface area (Å²) in [6, 6.07) is 5.98. The highest BCUT2D eigenvalue weighted by atomic mass is 79.9. The summed E-state index contributed by atoms with van der Waals surface area (Å²) in [4.78, 5) is 0.299. The van der Waals surface area contributed by atoms with E-state index in [9.17, 15) is 8.42 Å². The van der Waals surface area contributed by atoms with Gasteiger partial charge in [-0.15, -0.1) is 0 Å². The fraction of sp³-hybridized carbons (Fsp3) is 0.571. The Kier molecular flexibility index (Phi) is 5.23. The molecule has 0 aromatic heterocycles.